The van der Waals surface area contributed by atoms with Gasteiger partial charge in [0.1, 0.15) is 6.04 Å². The highest BCUT2D eigenvalue weighted by atomic mass is 16.4. The van der Waals surface area contributed by atoms with Crippen LogP contribution in [0, 0.1) is 0 Å². The van der Waals surface area contributed by atoms with Gasteiger partial charge in [0.15, 0.2) is 0 Å². The number of carbonyl (C=O) groups excluding carboxylic acids is 4. The van der Waals surface area contributed by atoms with Crippen molar-refractivity contribution in [3.63, 3.8) is 0 Å². The number of hydrogen-bond donors (Lipinski definition) is 3. The summed E-state index contributed by atoms with van der Waals surface area (Å²) in [4.78, 5) is 62.3. The molecule has 1 unspecified atom stereocenters. The predicted octanol–water partition coefficient (Wildman–Crippen LogP) is -0.993. The number of likely N-dealkylation sites (N-methyl/N-ethyl adjacent to an activating group) is 1. The number of nitrogens with two attached hydrogens (primary N) is 1. The molecule has 0 aromatic heterocycles. The molecule has 2 heterocycles. The van der Waals surface area contributed by atoms with Gasteiger partial charge in [-0.05, 0) is 38.7 Å². The zero-order valence-corrected chi connectivity index (χ0v) is 16.7. The van der Waals surface area contributed by atoms with E-state index in [4.69, 9.17) is 15.9 Å². The van der Waals surface area contributed by atoms with Gasteiger partial charge in [-0.3, -0.25) is 38.7 Å². The van der Waals surface area contributed by atoms with Crippen LogP contribution in [0.1, 0.15) is 33.6 Å². The van der Waals surface area contributed by atoms with Gasteiger partial charge >= 0.3 is 5.97 Å². The fourth-order valence-corrected chi connectivity index (χ4v) is 3.23. The summed E-state index contributed by atoms with van der Waals surface area (Å²) in [6.07, 6.45) is 0.118. The monoisotopic (exact) mass is 420 g/mol. The van der Waals surface area contributed by atoms with Crippen molar-refractivity contribution in [2.45, 2.75) is 18.9 Å². The Labute approximate surface area is 172 Å². The molecule has 3 rings (SSSR count). The van der Waals surface area contributed by atoms with Crippen LogP contribution < -0.4 is 5.73 Å². The number of benzene rings is 1. The number of piperidine rings is 1. The molecule has 1 fully saturated rings. The predicted molar refractivity (Wildman–Crippen MR) is 104 cm³/mol. The number of nitrogen functional groups attached to an aromatic ring is 1. The van der Waals surface area contributed by atoms with Crippen LogP contribution in [0.2, 0.25) is 0 Å². The van der Waals surface area contributed by atoms with Crippen molar-refractivity contribution in [2.24, 2.45) is 0 Å². The van der Waals surface area contributed by atoms with Crippen LogP contribution in [-0.2, 0) is 14.4 Å². The van der Waals surface area contributed by atoms with E-state index >= 15 is 0 Å². The standard InChI is InChI=1S/C15H15N3O5.C4H9NO2/c16-8-1-2-9-10(7-8)14(22)18(13(9)21)11-3-4-12(20)17(5-6-19)15(11)23;1-5(2)3-4(6)7/h1-2,7,11,19H,3-6,16H2;3H2,1-2H3,(H,6,7). The molecule has 0 bridgehead atoms. The van der Waals surface area contributed by atoms with E-state index in [1.807, 2.05) is 0 Å². The minimum Gasteiger partial charge on any atom is -0.480 e. The summed E-state index contributed by atoms with van der Waals surface area (Å²) >= 11 is 0. The molecule has 11 nitrogen and oxygen atoms in total. The molecule has 0 aliphatic carbocycles. The first kappa shape index (κ1) is 23.0. The van der Waals surface area contributed by atoms with Gasteiger partial charge < -0.3 is 15.9 Å². The summed E-state index contributed by atoms with van der Waals surface area (Å²) in [7, 11) is 3.43. The third-order valence-corrected chi connectivity index (χ3v) is 4.51. The second kappa shape index (κ2) is 9.46. The van der Waals surface area contributed by atoms with Crippen LogP contribution in [0.25, 0.3) is 0 Å². The number of aliphatic hydroxyl groups is 1. The largest absolute Gasteiger partial charge is 0.480 e. The lowest BCUT2D eigenvalue weighted by Gasteiger charge is -2.34. The average Bonchev–Trinajstić information content (AvgIpc) is 2.89. The van der Waals surface area contributed by atoms with Gasteiger partial charge in [-0.25, -0.2) is 0 Å². The van der Waals surface area contributed by atoms with Gasteiger partial charge in [0, 0.05) is 12.1 Å². The molecule has 2 aliphatic rings. The zero-order valence-electron chi connectivity index (χ0n) is 16.7. The maximum absolute atomic E-state index is 12.5. The first-order valence-corrected chi connectivity index (χ1v) is 9.17. The molecule has 2 aliphatic heterocycles. The Kier molecular flexibility index (Phi) is 7.24. The Balaban J connectivity index is 0.000000396. The summed E-state index contributed by atoms with van der Waals surface area (Å²) in [5, 5.41) is 17.0. The minimum atomic E-state index is -1.03. The smallest absolute Gasteiger partial charge is 0.317 e. The Morgan fingerprint density at radius 3 is 2.33 bits per heavy atom. The number of carboxylic acid groups (broad SMARTS) is 1. The lowest BCUT2D eigenvalue weighted by atomic mass is 10.0. The number of hydrogen-bond acceptors (Lipinski definition) is 8. The van der Waals surface area contributed by atoms with E-state index in [9.17, 15) is 24.0 Å². The molecule has 0 radical (unpaired) electrons. The van der Waals surface area contributed by atoms with Crippen molar-refractivity contribution in [1.29, 1.82) is 0 Å². The highest BCUT2D eigenvalue weighted by molar-refractivity contribution is 6.23. The topological polar surface area (TPSA) is 162 Å². The molecule has 1 atom stereocenters. The number of aliphatic carboxylic acids is 1. The molecule has 11 heteroatoms. The second-order valence-corrected chi connectivity index (χ2v) is 7.08. The maximum Gasteiger partial charge on any atom is 0.317 e. The molecule has 1 aromatic rings. The Hall–Kier alpha value is -3.31. The van der Waals surface area contributed by atoms with E-state index in [1.165, 1.54) is 18.2 Å². The van der Waals surface area contributed by atoms with Crippen molar-refractivity contribution in [1.82, 2.24) is 14.7 Å². The van der Waals surface area contributed by atoms with E-state index in [2.05, 4.69) is 0 Å². The SMILES string of the molecule is CN(C)CC(=O)O.Nc1ccc2c(c1)C(=O)N(C1CCC(=O)N(CCO)C1=O)C2=O. The van der Waals surface area contributed by atoms with E-state index in [0.717, 1.165) is 9.80 Å². The van der Waals surface area contributed by atoms with E-state index < -0.39 is 35.6 Å². The fraction of sp³-hybridized carbons (Fsp3) is 0.421. The zero-order chi connectivity index (χ0) is 22.6. The van der Waals surface area contributed by atoms with Crippen molar-refractivity contribution < 1.29 is 34.2 Å². The maximum atomic E-state index is 12.5. The molecular weight excluding hydrogens is 396 g/mol. The lowest BCUT2D eigenvalue weighted by Crippen LogP contribution is -2.56. The number of anilines is 1. The van der Waals surface area contributed by atoms with E-state index in [-0.39, 0.29) is 43.7 Å². The molecule has 1 saturated heterocycles. The van der Waals surface area contributed by atoms with Gasteiger partial charge in [0.2, 0.25) is 5.91 Å². The van der Waals surface area contributed by atoms with Crippen LogP contribution in [-0.4, -0.2) is 94.3 Å². The molecule has 162 valence electrons. The summed E-state index contributed by atoms with van der Waals surface area (Å²) in [5.41, 5.74) is 6.34. The minimum absolute atomic E-state index is 0.0337. The average molecular weight is 420 g/mol. The molecule has 30 heavy (non-hydrogen) atoms. The van der Waals surface area contributed by atoms with Crippen molar-refractivity contribution >= 4 is 35.3 Å². The first-order chi connectivity index (χ1) is 14.1. The number of nitrogens with zero attached hydrogens (tertiary/aromatic N) is 3. The van der Waals surface area contributed by atoms with E-state index in [1.54, 1.807) is 19.0 Å². The molecular formula is C19H24N4O7. The third kappa shape index (κ3) is 4.81. The van der Waals surface area contributed by atoms with Gasteiger partial charge in [-0.15, -0.1) is 0 Å². The number of imide groups is 2. The third-order valence-electron chi connectivity index (χ3n) is 4.51. The van der Waals surface area contributed by atoms with Gasteiger partial charge in [-0.2, -0.15) is 0 Å². The summed E-state index contributed by atoms with van der Waals surface area (Å²) < 4.78 is 0. The van der Waals surface area contributed by atoms with Crippen molar-refractivity contribution in [2.75, 3.05) is 39.5 Å². The van der Waals surface area contributed by atoms with Gasteiger partial charge in [0.05, 0.1) is 30.8 Å². The van der Waals surface area contributed by atoms with Crippen molar-refractivity contribution in [3.05, 3.63) is 29.3 Å². The number of fused-ring (bicyclic) bond motifs is 1. The molecule has 1 aromatic carbocycles. The molecule has 0 saturated carbocycles. The number of carboxylic acids is 1. The highest BCUT2D eigenvalue weighted by Crippen LogP contribution is 2.30. The number of aliphatic hydroxyl groups excluding tert-OH is 1. The molecule has 0 spiro atoms. The number of amides is 4. The van der Waals surface area contributed by atoms with Crippen LogP contribution in [0.4, 0.5) is 5.69 Å². The number of likely N-dealkylation sites (tertiary alicyclic amines) is 1. The highest BCUT2D eigenvalue weighted by Gasteiger charge is 2.46. The van der Waals surface area contributed by atoms with Crippen LogP contribution in [0.15, 0.2) is 18.2 Å². The van der Waals surface area contributed by atoms with Gasteiger partial charge in [0.25, 0.3) is 17.7 Å². The Morgan fingerprint density at radius 1 is 1.17 bits per heavy atom. The fourth-order valence-electron chi connectivity index (χ4n) is 3.23. The molecule has 4 amide bonds. The normalized spacial score (nSPS) is 18.5. The molecule has 4 N–H and O–H groups in total. The quantitative estimate of drug-likeness (QED) is 0.401. The Bertz CT molecular complexity index is 884. The summed E-state index contributed by atoms with van der Waals surface area (Å²) in [5.74, 6) is -3.00. The Morgan fingerprint density at radius 2 is 1.80 bits per heavy atom. The number of β-amino-alcohol motifs (C(OH)–C–C–N with tert-alkyl or cyclic N) is 1. The summed E-state index contributed by atoms with van der Waals surface area (Å²) in [6.45, 7) is -0.410. The van der Waals surface area contributed by atoms with E-state index in [0.29, 0.717) is 5.69 Å². The van der Waals surface area contributed by atoms with Crippen LogP contribution in [0.5, 0.6) is 0 Å². The second-order valence-electron chi connectivity index (χ2n) is 7.08. The first-order valence-electron chi connectivity index (χ1n) is 9.17. The van der Waals surface area contributed by atoms with Crippen molar-refractivity contribution in [3.8, 4) is 0 Å². The summed E-state index contributed by atoms with van der Waals surface area (Å²) in [6, 6.07) is 3.33. The number of carbonyl (C=O) groups is 5. The lowest BCUT2D eigenvalue weighted by molar-refractivity contribution is -0.152. The number of rotatable bonds is 5. The van der Waals surface area contributed by atoms with Gasteiger partial charge in [-0.1, -0.05) is 0 Å². The van der Waals surface area contributed by atoms with Crippen LogP contribution in [0.3, 0.4) is 0 Å². The van der Waals surface area contributed by atoms with Crippen LogP contribution >= 0.6 is 0 Å².